The predicted octanol–water partition coefficient (Wildman–Crippen LogP) is 3.58. The third kappa shape index (κ3) is 3.67. The molecular weight excluding hydrogens is 364 g/mol. The van der Waals surface area contributed by atoms with Crippen LogP contribution >= 0.6 is 11.6 Å². The van der Waals surface area contributed by atoms with Crippen LogP contribution in [0.3, 0.4) is 0 Å². The van der Waals surface area contributed by atoms with Gasteiger partial charge in [-0.25, -0.2) is 13.2 Å². The fourth-order valence-corrected chi connectivity index (χ4v) is 4.52. The number of benzene rings is 1. The SMILES string of the molecule is CCOC(=O)c1c(S(=O)(=O)Nc2ccc(C)cc2Cl)c(C)n(C)c1C. The van der Waals surface area contributed by atoms with Gasteiger partial charge in [0.25, 0.3) is 10.0 Å². The molecule has 0 aliphatic rings. The van der Waals surface area contributed by atoms with Crippen molar-refractivity contribution < 1.29 is 17.9 Å². The van der Waals surface area contributed by atoms with Crippen molar-refractivity contribution in [3.05, 3.63) is 45.7 Å². The first kappa shape index (κ1) is 19.3. The Morgan fingerprint density at radius 3 is 2.44 bits per heavy atom. The predicted molar refractivity (Wildman–Crippen MR) is 97.8 cm³/mol. The zero-order valence-electron chi connectivity index (χ0n) is 14.8. The zero-order valence-corrected chi connectivity index (χ0v) is 16.4. The van der Waals surface area contributed by atoms with Crippen LogP contribution in [0.1, 0.15) is 34.2 Å². The fraction of sp³-hybridized carbons (Fsp3) is 0.353. The molecule has 0 aliphatic heterocycles. The van der Waals surface area contributed by atoms with E-state index in [2.05, 4.69) is 4.72 Å². The summed E-state index contributed by atoms with van der Waals surface area (Å²) in [5.41, 5.74) is 2.16. The topological polar surface area (TPSA) is 77.4 Å². The van der Waals surface area contributed by atoms with Gasteiger partial charge >= 0.3 is 5.97 Å². The summed E-state index contributed by atoms with van der Waals surface area (Å²) in [5.74, 6) is -0.668. The first-order valence-corrected chi connectivity index (χ1v) is 9.58. The highest BCUT2D eigenvalue weighted by atomic mass is 35.5. The standard InChI is InChI=1S/C17H21ClN2O4S/c1-6-24-17(21)15-11(3)20(5)12(4)16(15)25(22,23)19-14-8-7-10(2)9-13(14)18/h7-9,19H,6H2,1-5H3. The summed E-state index contributed by atoms with van der Waals surface area (Å²) in [5, 5.41) is 0.284. The highest BCUT2D eigenvalue weighted by Gasteiger charge is 2.31. The van der Waals surface area contributed by atoms with Crippen molar-refractivity contribution in [2.75, 3.05) is 11.3 Å². The minimum absolute atomic E-state index is 0.0394. The van der Waals surface area contributed by atoms with Gasteiger partial charge in [0.15, 0.2) is 0 Å². The molecule has 1 heterocycles. The van der Waals surface area contributed by atoms with Crippen LogP contribution in [0.2, 0.25) is 5.02 Å². The molecule has 0 radical (unpaired) electrons. The van der Waals surface area contributed by atoms with E-state index in [0.29, 0.717) is 11.4 Å². The number of anilines is 1. The van der Waals surface area contributed by atoms with Gasteiger partial charge in [-0.15, -0.1) is 0 Å². The Bertz CT molecular complexity index is 933. The van der Waals surface area contributed by atoms with Crippen LogP contribution in [-0.4, -0.2) is 25.6 Å². The maximum absolute atomic E-state index is 13.0. The third-order valence-corrected chi connectivity index (χ3v) is 5.88. The first-order chi connectivity index (χ1) is 11.6. The number of hydrogen-bond donors (Lipinski definition) is 1. The summed E-state index contributed by atoms with van der Waals surface area (Å²) in [7, 11) is -2.33. The molecule has 0 atom stereocenters. The van der Waals surface area contributed by atoms with Crippen molar-refractivity contribution in [2.24, 2.45) is 7.05 Å². The molecule has 0 spiro atoms. The molecule has 6 nitrogen and oxygen atoms in total. The highest BCUT2D eigenvalue weighted by Crippen LogP contribution is 2.31. The molecule has 0 saturated heterocycles. The lowest BCUT2D eigenvalue weighted by molar-refractivity contribution is 0.0521. The quantitative estimate of drug-likeness (QED) is 0.799. The zero-order chi connectivity index (χ0) is 18.9. The van der Waals surface area contributed by atoms with Gasteiger partial charge in [0.05, 0.1) is 17.3 Å². The molecule has 2 rings (SSSR count). The average Bonchev–Trinajstić information content (AvgIpc) is 2.75. The lowest BCUT2D eigenvalue weighted by Gasteiger charge is -2.12. The van der Waals surface area contributed by atoms with Crippen molar-refractivity contribution >= 4 is 33.3 Å². The fourth-order valence-electron chi connectivity index (χ4n) is 2.59. The second-order valence-electron chi connectivity index (χ2n) is 5.74. The number of carbonyl (C=O) groups excluding carboxylic acids is 1. The van der Waals surface area contributed by atoms with Crippen LogP contribution in [0.15, 0.2) is 23.1 Å². The summed E-state index contributed by atoms with van der Waals surface area (Å²) in [4.78, 5) is 12.2. The molecule has 8 heteroatoms. The molecule has 0 aliphatic carbocycles. The van der Waals surface area contributed by atoms with Crippen LogP contribution in [-0.2, 0) is 21.8 Å². The number of nitrogens with zero attached hydrogens (tertiary/aromatic N) is 1. The Kier molecular flexibility index (Phi) is 5.49. The summed E-state index contributed by atoms with van der Waals surface area (Å²) in [6.07, 6.45) is 0. The molecule has 2 aromatic rings. The lowest BCUT2D eigenvalue weighted by atomic mass is 10.2. The van der Waals surface area contributed by atoms with Crippen LogP contribution in [0.5, 0.6) is 0 Å². The highest BCUT2D eigenvalue weighted by molar-refractivity contribution is 7.92. The number of aryl methyl sites for hydroxylation is 1. The van der Waals surface area contributed by atoms with E-state index in [4.69, 9.17) is 16.3 Å². The van der Waals surface area contributed by atoms with Gasteiger partial charge in [0.1, 0.15) is 10.5 Å². The number of aromatic nitrogens is 1. The Morgan fingerprint density at radius 2 is 1.88 bits per heavy atom. The summed E-state index contributed by atoms with van der Waals surface area (Å²) >= 11 is 6.13. The van der Waals surface area contributed by atoms with Crippen LogP contribution in [0.25, 0.3) is 0 Å². The minimum atomic E-state index is -4.03. The number of carbonyl (C=O) groups is 1. The molecule has 1 aromatic carbocycles. The largest absolute Gasteiger partial charge is 0.462 e. The average molecular weight is 385 g/mol. The minimum Gasteiger partial charge on any atom is -0.462 e. The van der Waals surface area contributed by atoms with Crippen molar-refractivity contribution in [3.8, 4) is 0 Å². The molecule has 0 unspecified atom stereocenters. The number of hydrogen-bond acceptors (Lipinski definition) is 4. The van der Waals surface area contributed by atoms with E-state index < -0.39 is 16.0 Å². The Labute approximate surface area is 152 Å². The second-order valence-corrected chi connectivity index (χ2v) is 7.77. The molecule has 136 valence electrons. The monoisotopic (exact) mass is 384 g/mol. The molecule has 0 saturated carbocycles. The van der Waals surface area contributed by atoms with Crippen molar-refractivity contribution in [2.45, 2.75) is 32.6 Å². The van der Waals surface area contributed by atoms with Crippen LogP contribution in [0.4, 0.5) is 5.69 Å². The van der Waals surface area contributed by atoms with Gasteiger partial charge in [-0.05, 0) is 45.4 Å². The van der Waals surface area contributed by atoms with Crippen molar-refractivity contribution in [1.82, 2.24) is 4.57 Å². The molecule has 0 bridgehead atoms. The molecule has 1 aromatic heterocycles. The van der Waals surface area contributed by atoms with Gasteiger partial charge in [0, 0.05) is 18.4 Å². The van der Waals surface area contributed by atoms with Gasteiger partial charge in [0.2, 0.25) is 0 Å². The normalized spacial score (nSPS) is 11.4. The number of nitrogens with one attached hydrogen (secondary N) is 1. The number of halogens is 1. The van der Waals surface area contributed by atoms with E-state index in [1.165, 1.54) is 0 Å². The summed E-state index contributed by atoms with van der Waals surface area (Å²) in [6.45, 7) is 7.00. The third-order valence-electron chi connectivity index (χ3n) is 4.04. The van der Waals surface area contributed by atoms with Crippen LogP contribution < -0.4 is 4.72 Å². The second kappa shape index (κ2) is 7.09. The van der Waals surface area contributed by atoms with E-state index in [1.807, 2.05) is 6.92 Å². The van der Waals surface area contributed by atoms with E-state index in [1.54, 1.807) is 50.6 Å². The molecule has 0 fully saturated rings. The Balaban J connectivity index is 2.59. The molecule has 1 N–H and O–H groups in total. The molecule has 25 heavy (non-hydrogen) atoms. The van der Waals surface area contributed by atoms with E-state index in [9.17, 15) is 13.2 Å². The van der Waals surface area contributed by atoms with Gasteiger partial charge in [-0.2, -0.15) is 0 Å². The summed E-state index contributed by atoms with van der Waals surface area (Å²) in [6, 6.07) is 5.00. The van der Waals surface area contributed by atoms with Crippen molar-refractivity contribution in [3.63, 3.8) is 0 Å². The van der Waals surface area contributed by atoms with E-state index >= 15 is 0 Å². The molecule has 0 amide bonds. The smallest absolute Gasteiger partial charge is 0.341 e. The number of rotatable bonds is 5. The number of esters is 1. The maximum Gasteiger partial charge on any atom is 0.341 e. The van der Waals surface area contributed by atoms with Gasteiger partial charge < -0.3 is 9.30 Å². The Hall–Kier alpha value is -1.99. The van der Waals surface area contributed by atoms with Crippen LogP contribution in [0, 0.1) is 20.8 Å². The number of ether oxygens (including phenoxy) is 1. The maximum atomic E-state index is 13.0. The van der Waals surface area contributed by atoms with E-state index in [0.717, 1.165) is 5.56 Å². The molecular formula is C17H21ClN2O4S. The first-order valence-electron chi connectivity index (χ1n) is 7.72. The Morgan fingerprint density at radius 1 is 1.24 bits per heavy atom. The number of sulfonamides is 1. The van der Waals surface area contributed by atoms with Gasteiger partial charge in [-0.1, -0.05) is 17.7 Å². The van der Waals surface area contributed by atoms with Crippen molar-refractivity contribution in [1.29, 1.82) is 0 Å². The van der Waals surface area contributed by atoms with E-state index in [-0.39, 0.29) is 27.8 Å². The summed E-state index contributed by atoms with van der Waals surface area (Å²) < 4.78 is 35.1. The van der Waals surface area contributed by atoms with Gasteiger partial charge in [-0.3, -0.25) is 4.72 Å². The lowest BCUT2D eigenvalue weighted by Crippen LogP contribution is -2.18.